The minimum absolute atomic E-state index is 0.390. The van der Waals surface area contributed by atoms with Crippen molar-refractivity contribution in [3.05, 3.63) is 76.3 Å². The molecule has 0 spiro atoms. The molecular weight excluding hydrogens is 411 g/mol. The van der Waals surface area contributed by atoms with Crippen LogP contribution in [0.2, 0.25) is 10.0 Å². The SMILES string of the molecule is COC(=O)c1cc(OC)ccc1Nc1ccc(N(C)c2ccc(Cl)cc2Cl)cc1. The molecule has 0 amide bonds. The summed E-state index contributed by atoms with van der Waals surface area (Å²) < 4.78 is 10.1. The van der Waals surface area contributed by atoms with Crippen LogP contribution >= 0.6 is 23.2 Å². The van der Waals surface area contributed by atoms with Crippen LogP contribution < -0.4 is 15.0 Å². The maximum absolute atomic E-state index is 12.1. The zero-order valence-electron chi connectivity index (χ0n) is 16.2. The highest BCUT2D eigenvalue weighted by atomic mass is 35.5. The number of ether oxygens (including phenoxy) is 2. The van der Waals surface area contributed by atoms with Gasteiger partial charge in [-0.15, -0.1) is 0 Å². The van der Waals surface area contributed by atoms with Gasteiger partial charge in [0.25, 0.3) is 0 Å². The van der Waals surface area contributed by atoms with E-state index in [2.05, 4.69) is 5.32 Å². The van der Waals surface area contributed by atoms with Crippen LogP contribution in [0.4, 0.5) is 22.7 Å². The van der Waals surface area contributed by atoms with Crippen molar-refractivity contribution in [2.45, 2.75) is 0 Å². The van der Waals surface area contributed by atoms with E-state index in [0.29, 0.717) is 27.0 Å². The molecule has 0 saturated heterocycles. The Balaban J connectivity index is 1.83. The molecule has 0 aliphatic heterocycles. The molecule has 0 bridgehead atoms. The molecule has 0 heterocycles. The fourth-order valence-corrected chi connectivity index (χ4v) is 3.39. The van der Waals surface area contributed by atoms with E-state index < -0.39 is 5.97 Å². The maximum Gasteiger partial charge on any atom is 0.340 e. The van der Waals surface area contributed by atoms with Crippen molar-refractivity contribution in [1.29, 1.82) is 0 Å². The molecule has 0 aliphatic carbocycles. The van der Waals surface area contributed by atoms with E-state index in [-0.39, 0.29) is 0 Å². The van der Waals surface area contributed by atoms with E-state index in [1.165, 1.54) is 7.11 Å². The Morgan fingerprint density at radius 1 is 0.966 bits per heavy atom. The number of anilines is 4. The molecule has 0 fully saturated rings. The Hall–Kier alpha value is -2.89. The lowest BCUT2D eigenvalue weighted by molar-refractivity contribution is 0.0601. The molecule has 0 aliphatic rings. The zero-order valence-corrected chi connectivity index (χ0v) is 17.7. The van der Waals surface area contributed by atoms with Gasteiger partial charge in [-0.05, 0) is 60.7 Å². The number of carbonyl (C=O) groups excluding carboxylic acids is 1. The van der Waals surface area contributed by atoms with Crippen LogP contribution in [-0.2, 0) is 4.74 Å². The van der Waals surface area contributed by atoms with Crippen LogP contribution in [-0.4, -0.2) is 27.2 Å². The van der Waals surface area contributed by atoms with Crippen LogP contribution in [0.25, 0.3) is 0 Å². The molecular formula is C22H20Cl2N2O3. The zero-order chi connectivity index (χ0) is 21.0. The Morgan fingerprint density at radius 3 is 2.31 bits per heavy atom. The molecule has 5 nitrogen and oxygen atoms in total. The van der Waals surface area contributed by atoms with Gasteiger partial charge in [0, 0.05) is 23.4 Å². The summed E-state index contributed by atoms with van der Waals surface area (Å²) in [5, 5.41) is 4.41. The van der Waals surface area contributed by atoms with Crippen molar-refractivity contribution < 1.29 is 14.3 Å². The summed E-state index contributed by atoms with van der Waals surface area (Å²) in [4.78, 5) is 14.1. The van der Waals surface area contributed by atoms with Crippen molar-refractivity contribution in [3.8, 4) is 5.75 Å². The molecule has 3 aromatic carbocycles. The Labute approximate surface area is 179 Å². The average molecular weight is 431 g/mol. The number of benzene rings is 3. The number of nitrogens with zero attached hydrogens (tertiary/aromatic N) is 1. The Kier molecular flexibility index (Phi) is 6.52. The second-order valence-electron chi connectivity index (χ2n) is 6.23. The highest BCUT2D eigenvalue weighted by molar-refractivity contribution is 6.36. The van der Waals surface area contributed by atoms with Crippen molar-refractivity contribution >= 4 is 51.9 Å². The standard InChI is InChI=1S/C22H20Cl2N2O3/c1-26(21-11-4-14(23)12-19(21)24)16-7-5-15(6-8-16)25-20-10-9-17(28-2)13-18(20)22(27)29-3/h4-13,25H,1-3H3. The fraction of sp³-hybridized carbons (Fsp3) is 0.136. The predicted octanol–water partition coefficient (Wildman–Crippen LogP) is 6.30. The monoisotopic (exact) mass is 430 g/mol. The lowest BCUT2D eigenvalue weighted by Crippen LogP contribution is -2.10. The first-order valence-corrected chi connectivity index (χ1v) is 9.50. The Bertz CT molecular complexity index is 1020. The summed E-state index contributed by atoms with van der Waals surface area (Å²) in [5.41, 5.74) is 3.63. The molecule has 0 atom stereocenters. The topological polar surface area (TPSA) is 50.8 Å². The van der Waals surface area contributed by atoms with E-state index in [9.17, 15) is 4.79 Å². The molecule has 7 heteroatoms. The summed E-state index contributed by atoms with van der Waals surface area (Å²) >= 11 is 12.3. The highest BCUT2D eigenvalue weighted by Crippen LogP contribution is 2.33. The van der Waals surface area contributed by atoms with E-state index in [1.54, 1.807) is 37.4 Å². The lowest BCUT2D eigenvalue weighted by Gasteiger charge is -2.21. The summed E-state index contributed by atoms with van der Waals surface area (Å²) in [7, 11) is 4.82. The van der Waals surface area contributed by atoms with Gasteiger partial charge in [0.15, 0.2) is 0 Å². The third-order valence-electron chi connectivity index (χ3n) is 4.44. The van der Waals surface area contributed by atoms with Crippen molar-refractivity contribution in [3.63, 3.8) is 0 Å². The number of rotatable bonds is 6. The summed E-state index contributed by atoms with van der Waals surface area (Å²) in [6.45, 7) is 0. The molecule has 0 saturated carbocycles. The van der Waals surface area contributed by atoms with E-state index in [4.69, 9.17) is 32.7 Å². The summed E-state index contributed by atoms with van der Waals surface area (Å²) in [6, 6.07) is 18.3. The second kappa shape index (κ2) is 9.07. The first-order valence-electron chi connectivity index (χ1n) is 8.75. The normalized spacial score (nSPS) is 10.4. The van der Waals surface area contributed by atoms with Gasteiger partial charge in [0.05, 0.1) is 36.2 Å². The van der Waals surface area contributed by atoms with Crippen LogP contribution in [0, 0.1) is 0 Å². The van der Waals surface area contributed by atoms with Gasteiger partial charge in [-0.3, -0.25) is 0 Å². The number of hydrogen-bond donors (Lipinski definition) is 1. The van der Waals surface area contributed by atoms with Crippen LogP contribution in [0.15, 0.2) is 60.7 Å². The first-order chi connectivity index (χ1) is 13.9. The number of halogens is 2. The van der Waals surface area contributed by atoms with E-state index >= 15 is 0 Å². The molecule has 0 aromatic heterocycles. The quantitative estimate of drug-likeness (QED) is 0.464. The van der Waals surface area contributed by atoms with Gasteiger partial charge in [-0.1, -0.05) is 23.2 Å². The van der Waals surface area contributed by atoms with Crippen molar-refractivity contribution in [1.82, 2.24) is 0 Å². The molecule has 3 aromatic rings. The van der Waals surface area contributed by atoms with Gasteiger partial charge in [0.1, 0.15) is 5.75 Å². The molecule has 0 radical (unpaired) electrons. The number of esters is 1. The lowest BCUT2D eigenvalue weighted by atomic mass is 10.1. The minimum atomic E-state index is -0.444. The minimum Gasteiger partial charge on any atom is -0.497 e. The third kappa shape index (κ3) is 4.75. The van der Waals surface area contributed by atoms with Crippen LogP contribution in [0.5, 0.6) is 5.75 Å². The highest BCUT2D eigenvalue weighted by Gasteiger charge is 2.14. The number of carbonyl (C=O) groups is 1. The Morgan fingerprint density at radius 2 is 1.69 bits per heavy atom. The first kappa shape index (κ1) is 20.8. The predicted molar refractivity (Wildman–Crippen MR) is 119 cm³/mol. The summed E-state index contributed by atoms with van der Waals surface area (Å²) in [6.07, 6.45) is 0. The van der Waals surface area contributed by atoms with E-state index in [1.807, 2.05) is 42.3 Å². The van der Waals surface area contributed by atoms with Gasteiger partial charge in [-0.2, -0.15) is 0 Å². The summed E-state index contributed by atoms with van der Waals surface area (Å²) in [5.74, 6) is 0.132. The molecule has 1 N–H and O–H groups in total. The molecule has 3 rings (SSSR count). The van der Waals surface area contributed by atoms with Crippen molar-refractivity contribution in [2.24, 2.45) is 0 Å². The van der Waals surface area contributed by atoms with Gasteiger partial charge < -0.3 is 19.7 Å². The van der Waals surface area contributed by atoms with Crippen LogP contribution in [0.1, 0.15) is 10.4 Å². The van der Waals surface area contributed by atoms with Gasteiger partial charge >= 0.3 is 5.97 Å². The van der Waals surface area contributed by atoms with Gasteiger partial charge in [0.2, 0.25) is 0 Å². The molecule has 0 unspecified atom stereocenters. The maximum atomic E-state index is 12.1. The number of hydrogen-bond acceptors (Lipinski definition) is 5. The molecule has 29 heavy (non-hydrogen) atoms. The fourth-order valence-electron chi connectivity index (χ4n) is 2.85. The number of methoxy groups -OCH3 is 2. The molecule has 150 valence electrons. The van der Waals surface area contributed by atoms with E-state index in [0.717, 1.165) is 17.1 Å². The largest absolute Gasteiger partial charge is 0.497 e. The van der Waals surface area contributed by atoms with Gasteiger partial charge in [-0.25, -0.2) is 4.79 Å². The van der Waals surface area contributed by atoms with Crippen molar-refractivity contribution in [2.75, 3.05) is 31.5 Å². The second-order valence-corrected chi connectivity index (χ2v) is 7.07. The third-order valence-corrected chi connectivity index (χ3v) is 4.97. The van der Waals surface area contributed by atoms with Crippen LogP contribution in [0.3, 0.4) is 0 Å². The average Bonchev–Trinajstić information content (AvgIpc) is 2.73. The smallest absolute Gasteiger partial charge is 0.340 e. The number of nitrogens with one attached hydrogen (secondary N) is 1.